The molecule has 1 aromatic carbocycles. The topological polar surface area (TPSA) is 124 Å². The highest BCUT2D eigenvalue weighted by Crippen LogP contribution is 2.32. The van der Waals surface area contributed by atoms with Crippen LogP contribution in [0.5, 0.6) is 0 Å². The Kier molecular flexibility index (Phi) is 6.31. The zero-order chi connectivity index (χ0) is 19.4. The number of carbonyl (C=O) groups is 3. The Morgan fingerprint density at radius 3 is 2.08 bits per heavy atom. The van der Waals surface area contributed by atoms with Gasteiger partial charge in [-0.25, -0.2) is 4.79 Å². The fraction of sp³-hybridized carbons (Fsp3) is 0.438. The van der Waals surface area contributed by atoms with Crippen molar-refractivity contribution in [2.45, 2.75) is 32.4 Å². The van der Waals surface area contributed by atoms with E-state index in [0.717, 1.165) is 24.3 Å². The number of thioether (sulfide) groups is 1. The van der Waals surface area contributed by atoms with Crippen molar-refractivity contribution in [3.05, 3.63) is 39.9 Å². The number of nitrogens with zero attached hydrogens (tertiary/aromatic N) is 1. The molecule has 1 rings (SSSR count). The number of nitro groups is 1. The van der Waals surface area contributed by atoms with E-state index in [-0.39, 0.29) is 21.8 Å². The number of carboxylic acid groups (broad SMARTS) is 1. The number of rotatable bonds is 6. The van der Waals surface area contributed by atoms with E-state index in [1.165, 1.54) is 18.7 Å². The van der Waals surface area contributed by atoms with E-state index in [0.29, 0.717) is 0 Å². The molecule has 1 N–H and O–H groups in total. The van der Waals surface area contributed by atoms with E-state index in [1.54, 1.807) is 0 Å². The molecule has 0 aliphatic carbocycles. The van der Waals surface area contributed by atoms with Crippen molar-refractivity contribution >= 4 is 35.4 Å². The van der Waals surface area contributed by atoms with Gasteiger partial charge in [0.05, 0.1) is 10.5 Å². The Bertz CT molecular complexity index is 693. The van der Waals surface area contributed by atoms with E-state index in [9.17, 15) is 29.6 Å². The molecule has 0 spiro atoms. The monoisotopic (exact) mass is 369 g/mol. The third-order valence-electron chi connectivity index (χ3n) is 3.22. The van der Waals surface area contributed by atoms with Crippen LogP contribution in [-0.4, -0.2) is 38.4 Å². The number of non-ortho nitro benzene ring substituents is 1. The number of ether oxygens (including phenoxy) is 1. The molecule has 0 radical (unpaired) electrons. The number of hydrogen-bond donors (Lipinski definition) is 1. The Morgan fingerprint density at radius 1 is 1.16 bits per heavy atom. The minimum absolute atomic E-state index is 0.0712. The molecule has 1 aromatic rings. The molecule has 0 saturated carbocycles. The second kappa shape index (κ2) is 7.64. The highest BCUT2D eigenvalue weighted by atomic mass is 32.2. The van der Waals surface area contributed by atoms with Crippen LogP contribution in [-0.2, 0) is 14.3 Å². The first kappa shape index (κ1) is 20.6. The lowest BCUT2D eigenvalue weighted by molar-refractivity contribution is -0.384. The summed E-state index contributed by atoms with van der Waals surface area (Å²) in [7, 11) is 0. The molecule has 136 valence electrons. The minimum Gasteiger partial charge on any atom is -0.480 e. The lowest BCUT2D eigenvalue weighted by Crippen LogP contribution is -2.42. The van der Waals surface area contributed by atoms with Gasteiger partial charge in [0, 0.05) is 22.6 Å². The van der Waals surface area contributed by atoms with Crippen LogP contribution in [0.15, 0.2) is 24.3 Å². The second-order valence-electron chi connectivity index (χ2n) is 6.52. The van der Waals surface area contributed by atoms with Gasteiger partial charge in [0.2, 0.25) is 0 Å². The van der Waals surface area contributed by atoms with Crippen LogP contribution in [0.1, 0.15) is 38.1 Å². The maximum absolute atomic E-state index is 12.2. The van der Waals surface area contributed by atoms with E-state index in [1.807, 2.05) is 20.8 Å². The summed E-state index contributed by atoms with van der Waals surface area (Å²) < 4.78 is 4.41. The molecule has 0 aromatic heterocycles. The SMILES string of the molecule is CC(C)(C)SC[C@@](C)(C(=O)O)C(=O)OC(=O)c1ccc([N+](=O)[O-])cc1. The molecule has 9 heteroatoms. The van der Waals surface area contributed by atoms with Gasteiger partial charge in [0.25, 0.3) is 5.69 Å². The fourth-order valence-electron chi connectivity index (χ4n) is 1.54. The Labute approximate surface area is 148 Å². The van der Waals surface area contributed by atoms with Crippen LogP contribution in [0, 0.1) is 15.5 Å². The second-order valence-corrected chi connectivity index (χ2v) is 8.32. The molecule has 0 amide bonds. The predicted molar refractivity (Wildman–Crippen MR) is 91.5 cm³/mol. The summed E-state index contributed by atoms with van der Waals surface area (Å²) in [5, 5.41) is 20.0. The summed E-state index contributed by atoms with van der Waals surface area (Å²) in [5.74, 6) is -3.71. The van der Waals surface area contributed by atoms with Crippen molar-refractivity contribution < 1.29 is 29.2 Å². The molecular weight excluding hydrogens is 350 g/mol. The zero-order valence-corrected chi connectivity index (χ0v) is 15.1. The number of esters is 2. The first-order valence-electron chi connectivity index (χ1n) is 7.25. The number of nitro benzene ring substituents is 1. The largest absolute Gasteiger partial charge is 0.480 e. The first-order chi connectivity index (χ1) is 11.4. The van der Waals surface area contributed by atoms with Crippen molar-refractivity contribution in [2.24, 2.45) is 5.41 Å². The van der Waals surface area contributed by atoms with Crippen molar-refractivity contribution in [1.82, 2.24) is 0 Å². The maximum Gasteiger partial charge on any atom is 0.345 e. The third-order valence-corrected chi connectivity index (χ3v) is 4.80. The Balaban J connectivity index is 2.90. The predicted octanol–water partition coefficient (Wildman–Crippen LogP) is 2.90. The van der Waals surface area contributed by atoms with Crippen molar-refractivity contribution in [3.63, 3.8) is 0 Å². The van der Waals surface area contributed by atoms with Crippen molar-refractivity contribution in [1.29, 1.82) is 0 Å². The maximum atomic E-state index is 12.2. The molecule has 1 atom stereocenters. The zero-order valence-electron chi connectivity index (χ0n) is 14.3. The van der Waals surface area contributed by atoms with Gasteiger partial charge in [0.1, 0.15) is 0 Å². The van der Waals surface area contributed by atoms with Gasteiger partial charge >= 0.3 is 17.9 Å². The van der Waals surface area contributed by atoms with Gasteiger partial charge < -0.3 is 9.84 Å². The molecule has 0 bridgehead atoms. The standard InChI is InChI=1S/C16H19NO7S/c1-15(2,3)25-9-16(4,13(19)20)14(21)24-12(18)10-5-7-11(8-6-10)17(22)23/h5-8H,9H2,1-4H3,(H,19,20)/t16-/m0/s1. The highest BCUT2D eigenvalue weighted by Gasteiger charge is 2.45. The van der Waals surface area contributed by atoms with E-state index in [2.05, 4.69) is 4.74 Å². The summed E-state index contributed by atoms with van der Waals surface area (Å²) in [6, 6.07) is 4.45. The van der Waals surface area contributed by atoms with Crippen LogP contribution in [0.3, 0.4) is 0 Å². The first-order valence-corrected chi connectivity index (χ1v) is 8.24. The minimum atomic E-state index is -1.89. The fourth-order valence-corrected chi connectivity index (χ4v) is 2.51. The summed E-state index contributed by atoms with van der Waals surface area (Å²) in [5.41, 5.74) is -2.20. The highest BCUT2D eigenvalue weighted by molar-refractivity contribution is 8.00. The smallest absolute Gasteiger partial charge is 0.345 e. The number of aliphatic carboxylic acids is 1. The Hall–Kier alpha value is -2.42. The molecule has 0 aliphatic rings. The van der Waals surface area contributed by atoms with Crippen LogP contribution in [0.4, 0.5) is 5.69 Å². The summed E-state index contributed by atoms with van der Waals surface area (Å²) in [6.07, 6.45) is 0. The van der Waals surface area contributed by atoms with Crippen LogP contribution in [0.25, 0.3) is 0 Å². The van der Waals surface area contributed by atoms with E-state index in [4.69, 9.17) is 0 Å². The molecule has 0 aliphatic heterocycles. The molecule has 0 fully saturated rings. The molecular formula is C16H19NO7S. The number of hydrogen-bond acceptors (Lipinski definition) is 7. The van der Waals surface area contributed by atoms with E-state index < -0.39 is 28.2 Å². The van der Waals surface area contributed by atoms with Gasteiger partial charge in [0.15, 0.2) is 5.41 Å². The van der Waals surface area contributed by atoms with Crippen LogP contribution >= 0.6 is 11.8 Å². The van der Waals surface area contributed by atoms with Gasteiger partial charge in [-0.15, -0.1) is 0 Å². The van der Waals surface area contributed by atoms with Crippen molar-refractivity contribution in [3.8, 4) is 0 Å². The third kappa shape index (κ3) is 5.56. The van der Waals surface area contributed by atoms with Crippen LogP contribution in [0.2, 0.25) is 0 Å². The van der Waals surface area contributed by atoms with E-state index >= 15 is 0 Å². The molecule has 0 unspecified atom stereocenters. The summed E-state index contributed by atoms with van der Waals surface area (Å²) >= 11 is 1.26. The number of benzene rings is 1. The van der Waals surface area contributed by atoms with Crippen molar-refractivity contribution in [2.75, 3.05) is 5.75 Å². The number of carbonyl (C=O) groups excluding carboxylic acids is 2. The van der Waals surface area contributed by atoms with Gasteiger partial charge in [-0.2, -0.15) is 11.8 Å². The normalized spacial score (nSPS) is 13.6. The van der Waals surface area contributed by atoms with Gasteiger partial charge in [-0.3, -0.25) is 19.7 Å². The van der Waals surface area contributed by atoms with Gasteiger partial charge in [-0.1, -0.05) is 20.8 Å². The van der Waals surface area contributed by atoms with Crippen LogP contribution < -0.4 is 0 Å². The number of carboxylic acids is 1. The Morgan fingerprint density at radius 2 is 1.68 bits per heavy atom. The average Bonchev–Trinajstić information content (AvgIpc) is 2.51. The molecule has 0 heterocycles. The molecule has 0 saturated heterocycles. The molecule has 25 heavy (non-hydrogen) atoms. The molecule has 8 nitrogen and oxygen atoms in total. The summed E-state index contributed by atoms with van der Waals surface area (Å²) in [4.78, 5) is 45.7. The van der Waals surface area contributed by atoms with Gasteiger partial charge in [-0.05, 0) is 19.1 Å². The lowest BCUT2D eigenvalue weighted by atomic mass is 9.94. The average molecular weight is 369 g/mol. The lowest BCUT2D eigenvalue weighted by Gasteiger charge is -2.26. The summed E-state index contributed by atoms with van der Waals surface area (Å²) in [6.45, 7) is 6.80. The quantitative estimate of drug-likeness (QED) is 0.351.